The van der Waals surface area contributed by atoms with E-state index >= 15 is 0 Å². The van der Waals surface area contributed by atoms with E-state index in [0.29, 0.717) is 12.1 Å². The zero-order chi connectivity index (χ0) is 14.4. The number of nitriles is 1. The van der Waals surface area contributed by atoms with Gasteiger partial charge >= 0.3 is 0 Å². The highest BCUT2D eigenvalue weighted by molar-refractivity contribution is 5.80. The summed E-state index contributed by atoms with van der Waals surface area (Å²) in [7, 11) is 1.72. The largest absolute Gasteiger partial charge is 0.467 e. The molecule has 0 aliphatic carbocycles. The quantitative estimate of drug-likeness (QED) is 0.903. The second-order valence-electron chi connectivity index (χ2n) is 4.38. The predicted molar refractivity (Wildman–Crippen MR) is 74.8 cm³/mol. The smallest absolute Gasteiger partial charge is 0.242 e. The molecular formula is C15H15N3O2. The van der Waals surface area contributed by atoms with Crippen LogP contribution >= 0.6 is 0 Å². The molecule has 2 aromatic rings. The van der Waals surface area contributed by atoms with Crippen LogP contribution in [0.25, 0.3) is 0 Å². The fourth-order valence-corrected chi connectivity index (χ4v) is 1.74. The number of hydrogen-bond acceptors (Lipinski definition) is 4. The first-order chi connectivity index (χ1) is 9.69. The average Bonchev–Trinajstić information content (AvgIpc) is 2.97. The summed E-state index contributed by atoms with van der Waals surface area (Å²) in [4.78, 5) is 13.5. The number of carbonyl (C=O) groups excluding carboxylic acids is 1. The lowest BCUT2D eigenvalue weighted by atomic mass is 10.2. The van der Waals surface area contributed by atoms with Gasteiger partial charge in [-0.05, 0) is 30.3 Å². The Morgan fingerprint density at radius 2 is 2.25 bits per heavy atom. The van der Waals surface area contributed by atoms with Gasteiger partial charge in [-0.3, -0.25) is 4.79 Å². The summed E-state index contributed by atoms with van der Waals surface area (Å²) >= 11 is 0. The number of furan rings is 1. The Hall–Kier alpha value is -2.74. The van der Waals surface area contributed by atoms with E-state index in [4.69, 9.17) is 9.68 Å². The van der Waals surface area contributed by atoms with Crippen molar-refractivity contribution in [1.82, 2.24) is 4.90 Å². The first-order valence-corrected chi connectivity index (χ1v) is 6.19. The van der Waals surface area contributed by atoms with Crippen LogP contribution in [-0.2, 0) is 11.3 Å². The molecule has 0 saturated carbocycles. The van der Waals surface area contributed by atoms with E-state index in [-0.39, 0.29) is 12.5 Å². The van der Waals surface area contributed by atoms with E-state index in [1.165, 1.54) is 0 Å². The van der Waals surface area contributed by atoms with Gasteiger partial charge in [0.1, 0.15) is 5.76 Å². The van der Waals surface area contributed by atoms with Gasteiger partial charge in [-0.1, -0.05) is 6.07 Å². The van der Waals surface area contributed by atoms with Gasteiger partial charge in [-0.15, -0.1) is 0 Å². The highest BCUT2D eigenvalue weighted by Gasteiger charge is 2.10. The number of likely N-dealkylation sites (N-methyl/N-ethyl adjacent to an activating group) is 1. The van der Waals surface area contributed by atoms with Crippen LogP contribution in [0.4, 0.5) is 5.69 Å². The molecule has 1 aromatic heterocycles. The van der Waals surface area contributed by atoms with Crippen molar-refractivity contribution in [3.8, 4) is 6.07 Å². The molecule has 1 N–H and O–H groups in total. The van der Waals surface area contributed by atoms with Gasteiger partial charge in [-0.2, -0.15) is 5.26 Å². The fourth-order valence-electron chi connectivity index (χ4n) is 1.74. The predicted octanol–water partition coefficient (Wildman–Crippen LogP) is 2.22. The van der Waals surface area contributed by atoms with Gasteiger partial charge in [-0.25, -0.2) is 0 Å². The molecule has 0 aliphatic rings. The van der Waals surface area contributed by atoms with Gasteiger partial charge in [0, 0.05) is 12.7 Å². The van der Waals surface area contributed by atoms with Crippen LogP contribution in [0, 0.1) is 11.3 Å². The number of benzene rings is 1. The van der Waals surface area contributed by atoms with Crippen molar-refractivity contribution in [2.75, 3.05) is 18.9 Å². The summed E-state index contributed by atoms with van der Waals surface area (Å²) in [6.07, 6.45) is 1.58. The zero-order valence-corrected chi connectivity index (χ0v) is 11.2. The summed E-state index contributed by atoms with van der Waals surface area (Å²) in [5.41, 5.74) is 1.31. The first-order valence-electron chi connectivity index (χ1n) is 6.19. The van der Waals surface area contributed by atoms with Crippen LogP contribution in [-0.4, -0.2) is 24.4 Å². The van der Waals surface area contributed by atoms with Crippen LogP contribution in [0.1, 0.15) is 11.3 Å². The van der Waals surface area contributed by atoms with Crippen LogP contribution in [0.15, 0.2) is 47.1 Å². The van der Waals surface area contributed by atoms with Crippen molar-refractivity contribution in [2.45, 2.75) is 6.54 Å². The number of anilines is 1. The number of amides is 1. The lowest BCUT2D eigenvalue weighted by Crippen LogP contribution is -2.31. The maximum Gasteiger partial charge on any atom is 0.242 e. The number of carbonyl (C=O) groups is 1. The summed E-state index contributed by atoms with van der Waals surface area (Å²) in [5.74, 6) is 0.691. The lowest BCUT2D eigenvalue weighted by Gasteiger charge is -2.16. The minimum atomic E-state index is -0.0521. The molecule has 0 spiro atoms. The van der Waals surface area contributed by atoms with Crippen LogP contribution in [0.5, 0.6) is 0 Å². The van der Waals surface area contributed by atoms with Crippen molar-refractivity contribution < 1.29 is 9.21 Å². The summed E-state index contributed by atoms with van der Waals surface area (Å²) in [6, 6.07) is 12.7. The molecular weight excluding hydrogens is 254 g/mol. The topological polar surface area (TPSA) is 69.3 Å². The second kappa shape index (κ2) is 6.43. The van der Waals surface area contributed by atoms with Crippen LogP contribution < -0.4 is 5.32 Å². The molecule has 20 heavy (non-hydrogen) atoms. The molecule has 5 nitrogen and oxygen atoms in total. The van der Waals surface area contributed by atoms with Crippen molar-refractivity contribution in [2.24, 2.45) is 0 Å². The summed E-state index contributed by atoms with van der Waals surface area (Å²) in [6.45, 7) is 0.609. The summed E-state index contributed by atoms with van der Waals surface area (Å²) in [5, 5.41) is 11.8. The number of nitrogens with zero attached hydrogens (tertiary/aromatic N) is 2. The van der Waals surface area contributed by atoms with Crippen LogP contribution in [0.2, 0.25) is 0 Å². The Balaban J connectivity index is 1.86. The molecule has 0 atom stereocenters. The number of nitrogens with one attached hydrogen (secondary N) is 1. The molecule has 0 saturated heterocycles. The molecule has 102 valence electrons. The van der Waals surface area contributed by atoms with E-state index in [1.54, 1.807) is 42.5 Å². The van der Waals surface area contributed by atoms with E-state index in [0.717, 1.165) is 11.4 Å². The third-order valence-corrected chi connectivity index (χ3v) is 2.83. The Bertz CT molecular complexity index is 614. The Labute approximate surface area is 117 Å². The van der Waals surface area contributed by atoms with Gasteiger partial charge in [0.2, 0.25) is 5.91 Å². The minimum Gasteiger partial charge on any atom is -0.467 e. The van der Waals surface area contributed by atoms with Crippen molar-refractivity contribution in [3.05, 3.63) is 54.0 Å². The summed E-state index contributed by atoms with van der Waals surface area (Å²) < 4.78 is 5.20. The van der Waals surface area contributed by atoms with Crippen molar-refractivity contribution in [1.29, 1.82) is 5.26 Å². The molecule has 1 aromatic carbocycles. The molecule has 0 bridgehead atoms. The highest BCUT2D eigenvalue weighted by atomic mass is 16.3. The van der Waals surface area contributed by atoms with Gasteiger partial charge in [0.15, 0.2) is 0 Å². The van der Waals surface area contributed by atoms with E-state index in [2.05, 4.69) is 11.4 Å². The molecule has 0 fully saturated rings. The molecule has 0 aliphatic heterocycles. The first kappa shape index (κ1) is 13.7. The van der Waals surface area contributed by atoms with Gasteiger partial charge in [0.25, 0.3) is 0 Å². The Kier molecular flexibility index (Phi) is 4.40. The third kappa shape index (κ3) is 3.62. The number of rotatable bonds is 5. The molecule has 1 heterocycles. The molecule has 5 heteroatoms. The SMILES string of the molecule is CN(Cc1ccco1)C(=O)CNc1cccc(C#N)c1. The molecule has 2 rings (SSSR count). The molecule has 0 radical (unpaired) electrons. The lowest BCUT2D eigenvalue weighted by molar-refractivity contribution is -0.128. The standard InChI is InChI=1S/C15H15N3O2/c1-18(11-14-6-3-7-20-14)15(19)10-17-13-5-2-4-12(8-13)9-16/h2-8,17H,10-11H2,1H3. The molecule has 1 amide bonds. The van der Waals surface area contributed by atoms with E-state index in [9.17, 15) is 4.79 Å². The second-order valence-corrected chi connectivity index (χ2v) is 4.38. The monoisotopic (exact) mass is 269 g/mol. The highest BCUT2D eigenvalue weighted by Crippen LogP contribution is 2.10. The van der Waals surface area contributed by atoms with Crippen LogP contribution in [0.3, 0.4) is 0 Å². The fraction of sp³-hybridized carbons (Fsp3) is 0.200. The maximum absolute atomic E-state index is 12.0. The zero-order valence-electron chi connectivity index (χ0n) is 11.2. The van der Waals surface area contributed by atoms with Crippen molar-refractivity contribution in [3.63, 3.8) is 0 Å². The van der Waals surface area contributed by atoms with Gasteiger partial charge in [0.05, 0.1) is 31.0 Å². The minimum absolute atomic E-state index is 0.0521. The normalized spacial score (nSPS) is 9.80. The van der Waals surface area contributed by atoms with E-state index in [1.807, 2.05) is 12.1 Å². The van der Waals surface area contributed by atoms with Gasteiger partial charge < -0.3 is 14.6 Å². The third-order valence-electron chi connectivity index (χ3n) is 2.83. The maximum atomic E-state index is 12.0. The number of hydrogen-bond donors (Lipinski definition) is 1. The van der Waals surface area contributed by atoms with Crippen molar-refractivity contribution >= 4 is 11.6 Å². The van der Waals surface area contributed by atoms with E-state index < -0.39 is 0 Å². The average molecular weight is 269 g/mol. The Morgan fingerprint density at radius 3 is 2.95 bits per heavy atom. The Morgan fingerprint density at radius 1 is 1.40 bits per heavy atom. The molecule has 0 unspecified atom stereocenters.